The molecule has 2 N–H and O–H groups in total. The number of nitrogens with one attached hydrogen (secondary N) is 2. The second-order valence-electron chi connectivity index (χ2n) is 8.44. The summed E-state index contributed by atoms with van der Waals surface area (Å²) in [6, 6.07) is 10.0. The minimum atomic E-state index is -0.232. The predicted octanol–water partition coefficient (Wildman–Crippen LogP) is 4.03. The van der Waals surface area contributed by atoms with E-state index in [1.807, 2.05) is 24.3 Å². The molecule has 0 radical (unpaired) electrons. The number of H-pyrrole nitrogens is 1. The zero-order valence-electron chi connectivity index (χ0n) is 18.4. The number of hydrogen-bond donors (Lipinski definition) is 2. The zero-order valence-corrected chi connectivity index (χ0v) is 18.4. The fourth-order valence-corrected chi connectivity index (χ4v) is 3.91. The molecular formula is C23H29N7O2. The number of hydrogen-bond acceptors (Lipinski definition) is 7. The fraction of sp³-hybridized carbons (Fsp3) is 0.478. The SMILES string of the molecule is CCCCOC(=O)N1CCN(c2nc(Nc3cc(C4CC4)[nH]n3)c3ccccc3n2)CC1. The largest absolute Gasteiger partial charge is 0.449 e. The van der Waals surface area contributed by atoms with Crippen LogP contribution in [-0.4, -0.2) is 63.9 Å². The van der Waals surface area contributed by atoms with Crippen molar-refractivity contribution < 1.29 is 9.53 Å². The van der Waals surface area contributed by atoms with Crippen LogP contribution in [0.5, 0.6) is 0 Å². The standard InChI is InChI=1S/C23H29N7O2/c1-2-3-14-32-23(31)30-12-10-29(11-13-30)22-24-18-7-5-4-6-17(18)21(26-22)25-20-15-19(27-28-20)16-8-9-16/h4-7,15-16H,2-3,8-14H2,1H3,(H2,24,25,26,27,28). The first-order valence-corrected chi connectivity index (χ1v) is 11.5. The summed E-state index contributed by atoms with van der Waals surface area (Å²) in [5, 5.41) is 11.9. The highest BCUT2D eigenvalue weighted by atomic mass is 16.6. The molecule has 5 rings (SSSR count). The van der Waals surface area contributed by atoms with Crippen molar-refractivity contribution in [3.8, 4) is 0 Å². The molecule has 1 aromatic carbocycles. The number of amides is 1. The molecule has 2 aromatic heterocycles. The molecule has 168 valence electrons. The minimum absolute atomic E-state index is 0.232. The Morgan fingerprint density at radius 1 is 1.19 bits per heavy atom. The van der Waals surface area contributed by atoms with Gasteiger partial charge in [-0.3, -0.25) is 5.10 Å². The number of benzene rings is 1. The summed E-state index contributed by atoms with van der Waals surface area (Å²) >= 11 is 0. The molecule has 32 heavy (non-hydrogen) atoms. The van der Waals surface area contributed by atoms with Gasteiger partial charge in [0.1, 0.15) is 5.82 Å². The van der Waals surface area contributed by atoms with E-state index in [9.17, 15) is 4.79 Å². The highest BCUT2D eigenvalue weighted by molar-refractivity contribution is 5.91. The molecule has 0 bridgehead atoms. The highest BCUT2D eigenvalue weighted by Crippen LogP contribution is 2.39. The van der Waals surface area contributed by atoms with E-state index < -0.39 is 0 Å². The molecule has 1 amide bonds. The molecule has 2 aliphatic rings. The van der Waals surface area contributed by atoms with E-state index in [0.29, 0.717) is 44.7 Å². The third kappa shape index (κ3) is 4.46. The van der Waals surface area contributed by atoms with Gasteiger partial charge in [-0.2, -0.15) is 10.1 Å². The third-order valence-electron chi connectivity index (χ3n) is 6.00. The second kappa shape index (κ2) is 9.02. The summed E-state index contributed by atoms with van der Waals surface area (Å²) in [4.78, 5) is 25.7. The van der Waals surface area contributed by atoms with Gasteiger partial charge in [0.25, 0.3) is 0 Å². The van der Waals surface area contributed by atoms with Gasteiger partial charge in [0.2, 0.25) is 5.95 Å². The number of unbranched alkanes of at least 4 members (excludes halogenated alkanes) is 1. The number of piperazine rings is 1. The van der Waals surface area contributed by atoms with E-state index in [4.69, 9.17) is 14.7 Å². The smallest absolute Gasteiger partial charge is 0.409 e. The Hall–Kier alpha value is -3.36. The summed E-state index contributed by atoms with van der Waals surface area (Å²) in [7, 11) is 0. The lowest BCUT2D eigenvalue weighted by atomic mass is 10.2. The Bertz CT molecular complexity index is 1090. The molecule has 9 nitrogen and oxygen atoms in total. The molecular weight excluding hydrogens is 406 g/mol. The quantitative estimate of drug-likeness (QED) is 0.541. The Morgan fingerprint density at radius 2 is 2.00 bits per heavy atom. The van der Waals surface area contributed by atoms with Crippen LogP contribution in [0.15, 0.2) is 30.3 Å². The van der Waals surface area contributed by atoms with Crippen molar-refractivity contribution in [3.05, 3.63) is 36.0 Å². The first-order valence-electron chi connectivity index (χ1n) is 11.5. The van der Waals surface area contributed by atoms with Gasteiger partial charge >= 0.3 is 6.09 Å². The number of para-hydroxylation sites is 1. The van der Waals surface area contributed by atoms with Gasteiger partial charge in [-0.25, -0.2) is 9.78 Å². The first-order chi connectivity index (χ1) is 15.7. The van der Waals surface area contributed by atoms with E-state index in [0.717, 1.165) is 35.4 Å². The lowest BCUT2D eigenvalue weighted by molar-refractivity contribution is 0.0988. The van der Waals surface area contributed by atoms with Crippen LogP contribution >= 0.6 is 0 Å². The van der Waals surface area contributed by atoms with Crippen LogP contribution in [-0.2, 0) is 4.74 Å². The fourth-order valence-electron chi connectivity index (χ4n) is 3.91. The van der Waals surface area contributed by atoms with Crippen molar-refractivity contribution in [1.29, 1.82) is 0 Å². The zero-order chi connectivity index (χ0) is 21.9. The molecule has 9 heteroatoms. The molecule has 1 aliphatic heterocycles. The third-order valence-corrected chi connectivity index (χ3v) is 6.00. The normalized spacial score (nSPS) is 16.4. The van der Waals surface area contributed by atoms with Crippen molar-refractivity contribution in [2.75, 3.05) is 43.0 Å². The molecule has 0 spiro atoms. The van der Waals surface area contributed by atoms with Crippen molar-refractivity contribution in [1.82, 2.24) is 25.1 Å². The van der Waals surface area contributed by atoms with Crippen molar-refractivity contribution in [3.63, 3.8) is 0 Å². The first kappa shape index (κ1) is 20.5. The predicted molar refractivity (Wildman–Crippen MR) is 123 cm³/mol. The summed E-state index contributed by atoms with van der Waals surface area (Å²) in [5.74, 6) is 2.77. The van der Waals surface area contributed by atoms with Crippen molar-refractivity contribution in [2.24, 2.45) is 0 Å². The van der Waals surface area contributed by atoms with Gasteiger partial charge in [0, 0.05) is 49.2 Å². The van der Waals surface area contributed by atoms with E-state index in [1.165, 1.54) is 18.5 Å². The second-order valence-corrected chi connectivity index (χ2v) is 8.44. The number of fused-ring (bicyclic) bond motifs is 1. The van der Waals surface area contributed by atoms with Gasteiger partial charge in [-0.1, -0.05) is 25.5 Å². The maximum atomic E-state index is 12.2. The topological polar surface area (TPSA) is 99.3 Å². The Morgan fingerprint density at radius 3 is 2.78 bits per heavy atom. The van der Waals surface area contributed by atoms with Crippen LogP contribution in [0.3, 0.4) is 0 Å². The molecule has 1 aliphatic carbocycles. The Labute approximate surface area is 187 Å². The lowest BCUT2D eigenvalue weighted by Crippen LogP contribution is -2.49. The van der Waals surface area contributed by atoms with Crippen molar-refractivity contribution >= 4 is 34.6 Å². The maximum absolute atomic E-state index is 12.2. The lowest BCUT2D eigenvalue weighted by Gasteiger charge is -2.34. The van der Waals surface area contributed by atoms with Gasteiger partial charge in [-0.15, -0.1) is 0 Å². The summed E-state index contributed by atoms with van der Waals surface area (Å²) in [6.07, 6.45) is 4.12. The van der Waals surface area contributed by atoms with Gasteiger partial charge < -0.3 is 19.9 Å². The molecule has 1 saturated carbocycles. The molecule has 1 saturated heterocycles. The van der Waals surface area contributed by atoms with E-state index in [1.54, 1.807) is 4.90 Å². The number of carbonyl (C=O) groups is 1. The number of carbonyl (C=O) groups excluding carboxylic acids is 1. The average molecular weight is 436 g/mol. The molecule has 0 unspecified atom stereocenters. The summed E-state index contributed by atoms with van der Waals surface area (Å²) in [5.41, 5.74) is 2.05. The van der Waals surface area contributed by atoms with Gasteiger partial charge in [0.15, 0.2) is 5.82 Å². The summed E-state index contributed by atoms with van der Waals surface area (Å²) < 4.78 is 5.35. The van der Waals surface area contributed by atoms with Crippen LogP contribution in [0.1, 0.15) is 44.2 Å². The Kier molecular flexibility index (Phi) is 5.79. The van der Waals surface area contributed by atoms with Crippen LogP contribution in [0, 0.1) is 0 Å². The molecule has 2 fully saturated rings. The highest BCUT2D eigenvalue weighted by Gasteiger charge is 2.26. The number of aromatic nitrogens is 4. The minimum Gasteiger partial charge on any atom is -0.449 e. The van der Waals surface area contributed by atoms with E-state index >= 15 is 0 Å². The number of ether oxygens (including phenoxy) is 1. The molecule has 0 atom stereocenters. The van der Waals surface area contributed by atoms with Crippen molar-refractivity contribution in [2.45, 2.75) is 38.5 Å². The van der Waals surface area contributed by atoms with Crippen LogP contribution in [0.2, 0.25) is 0 Å². The van der Waals surface area contributed by atoms with E-state index in [-0.39, 0.29) is 6.09 Å². The van der Waals surface area contributed by atoms with Crippen LogP contribution < -0.4 is 10.2 Å². The van der Waals surface area contributed by atoms with Crippen LogP contribution in [0.25, 0.3) is 10.9 Å². The number of aromatic amines is 1. The van der Waals surface area contributed by atoms with Gasteiger partial charge in [0.05, 0.1) is 12.1 Å². The molecule has 3 aromatic rings. The number of nitrogens with zero attached hydrogens (tertiary/aromatic N) is 5. The molecule has 3 heterocycles. The van der Waals surface area contributed by atoms with E-state index in [2.05, 4.69) is 33.4 Å². The average Bonchev–Trinajstić information content (AvgIpc) is 3.58. The van der Waals surface area contributed by atoms with Crippen LogP contribution in [0.4, 0.5) is 22.4 Å². The Balaban J connectivity index is 1.31. The number of anilines is 3. The maximum Gasteiger partial charge on any atom is 0.409 e. The monoisotopic (exact) mass is 435 g/mol. The summed E-state index contributed by atoms with van der Waals surface area (Å²) in [6.45, 7) is 5.07. The van der Waals surface area contributed by atoms with Gasteiger partial charge in [-0.05, 0) is 31.4 Å². The number of rotatable bonds is 7.